The van der Waals surface area contributed by atoms with E-state index in [0.717, 1.165) is 23.2 Å². The number of hydrogen-bond acceptors (Lipinski definition) is 4. The van der Waals surface area contributed by atoms with Gasteiger partial charge in [-0.1, -0.05) is 49.4 Å². The molecule has 0 fully saturated rings. The van der Waals surface area contributed by atoms with Crippen molar-refractivity contribution in [1.82, 2.24) is 4.57 Å². The lowest BCUT2D eigenvalue weighted by atomic mass is 9.89. The Labute approximate surface area is 263 Å². The van der Waals surface area contributed by atoms with Gasteiger partial charge >= 0.3 is 0 Å². The highest BCUT2D eigenvalue weighted by atomic mass is 32.2. The van der Waals surface area contributed by atoms with Gasteiger partial charge in [0.25, 0.3) is 0 Å². The summed E-state index contributed by atoms with van der Waals surface area (Å²) >= 11 is 3.74. The van der Waals surface area contributed by atoms with Crippen molar-refractivity contribution in [3.05, 3.63) is 123 Å². The Bertz CT molecular complexity index is 2460. The van der Waals surface area contributed by atoms with Crippen molar-refractivity contribution in [3.8, 4) is 29.0 Å². The largest absolute Gasteiger partial charge is 0.309 e. The Morgan fingerprint density at radius 2 is 1.70 bits per heavy atom. The molecule has 2 aliphatic carbocycles. The van der Waals surface area contributed by atoms with Gasteiger partial charge in [0.05, 0.1) is 40.2 Å². The number of allylic oxidation sites excluding steroid dienone is 1. The van der Waals surface area contributed by atoms with Gasteiger partial charge in [-0.2, -0.15) is 10.5 Å². The van der Waals surface area contributed by atoms with Gasteiger partial charge in [-0.05, 0) is 94.9 Å². The number of nitrogens with zero attached hydrogens (tertiary/aromatic N) is 3. The highest BCUT2D eigenvalue weighted by molar-refractivity contribution is 8.00. The molecule has 4 aromatic carbocycles. The molecule has 3 atom stereocenters. The maximum absolute atomic E-state index is 9.93. The average molecular weight is 600 g/mol. The molecule has 0 bridgehead atoms. The monoisotopic (exact) mass is 599 g/mol. The van der Waals surface area contributed by atoms with Crippen molar-refractivity contribution < 1.29 is 0 Å². The number of fused-ring (bicyclic) bond motifs is 9. The summed E-state index contributed by atoms with van der Waals surface area (Å²) in [5.41, 5.74) is 9.85. The first-order valence-electron chi connectivity index (χ1n) is 14.9. The molecule has 3 unspecified atom stereocenters. The minimum Gasteiger partial charge on any atom is -0.309 e. The van der Waals surface area contributed by atoms with E-state index >= 15 is 0 Å². The smallest absolute Gasteiger partial charge is 0.0991 e. The number of rotatable bonds is 2. The maximum Gasteiger partial charge on any atom is 0.0991 e. The van der Waals surface area contributed by atoms with E-state index in [-0.39, 0.29) is 5.92 Å². The zero-order valence-electron chi connectivity index (χ0n) is 23.9. The second-order valence-corrected chi connectivity index (χ2v) is 14.2. The lowest BCUT2D eigenvalue weighted by Gasteiger charge is -2.19. The second-order valence-electron chi connectivity index (χ2n) is 11.9. The summed E-state index contributed by atoms with van der Waals surface area (Å²) < 4.78 is 4.91. The standard InChI is InChI=1S/C39H25N3S2/c1-22-5-4-8-34-39(22)26-6-2-3-7-32(26)42(34)33-12-9-23(20-40)15-27(33)25-11-14-36-29(17-25)31-19-37-30(18-38(31)44-36)28-16-24(21-41)10-13-35(28)43-37/h2-4,6-19,22,31,38H,5H2,1H3. The van der Waals surface area contributed by atoms with Crippen LogP contribution in [0.25, 0.3) is 56.0 Å². The molecule has 3 aliphatic rings. The summed E-state index contributed by atoms with van der Waals surface area (Å²) in [6, 6.07) is 32.4. The van der Waals surface area contributed by atoms with Crippen molar-refractivity contribution in [2.24, 2.45) is 0 Å². The molecule has 0 saturated carbocycles. The van der Waals surface area contributed by atoms with Gasteiger partial charge in [-0.3, -0.25) is 0 Å². The fourth-order valence-electron chi connectivity index (χ4n) is 7.39. The van der Waals surface area contributed by atoms with Gasteiger partial charge in [0.2, 0.25) is 0 Å². The molecule has 3 nitrogen and oxygen atoms in total. The van der Waals surface area contributed by atoms with Gasteiger partial charge in [0.1, 0.15) is 0 Å². The SMILES string of the molecule is CC1CC=Cc2c1c1ccccc1n2-c1ccc(C#N)cc1-c1ccc2c(c1)C1C=c3sc4ccc(C#N)cc4c3=CC1S2. The first-order chi connectivity index (χ1) is 21.6. The van der Waals surface area contributed by atoms with Crippen LogP contribution < -0.4 is 9.75 Å². The predicted molar refractivity (Wildman–Crippen MR) is 183 cm³/mol. The van der Waals surface area contributed by atoms with Gasteiger partial charge < -0.3 is 4.57 Å². The van der Waals surface area contributed by atoms with Crippen LogP contribution in [0.4, 0.5) is 0 Å². The summed E-state index contributed by atoms with van der Waals surface area (Å²) in [6.45, 7) is 2.31. The normalized spacial score (nSPS) is 19.3. The van der Waals surface area contributed by atoms with E-state index in [2.05, 4.69) is 109 Å². The van der Waals surface area contributed by atoms with E-state index in [1.165, 1.54) is 52.5 Å². The third-order valence-corrected chi connectivity index (χ3v) is 11.9. The number of benzene rings is 4. The third kappa shape index (κ3) is 3.67. The lowest BCUT2D eigenvalue weighted by molar-refractivity contribution is 0.773. The molecular formula is C39H25N3S2. The lowest BCUT2D eigenvalue weighted by Crippen LogP contribution is -2.28. The highest BCUT2D eigenvalue weighted by Gasteiger charge is 2.33. The quantitative estimate of drug-likeness (QED) is 0.200. The number of thioether (sulfide) groups is 1. The van der Waals surface area contributed by atoms with E-state index in [0.29, 0.717) is 22.3 Å². The molecule has 0 amide bonds. The molecule has 0 N–H and O–H groups in total. The molecule has 5 heteroatoms. The number of hydrogen-bond donors (Lipinski definition) is 0. The molecule has 3 heterocycles. The van der Waals surface area contributed by atoms with Crippen molar-refractivity contribution in [3.63, 3.8) is 0 Å². The Hall–Kier alpha value is -4.81. The average Bonchev–Trinajstić information content (AvgIpc) is 3.72. The summed E-state index contributed by atoms with van der Waals surface area (Å²) in [5, 5.41) is 23.5. The van der Waals surface area contributed by atoms with Crippen LogP contribution in [0.3, 0.4) is 0 Å². The van der Waals surface area contributed by atoms with Crippen molar-refractivity contribution in [1.29, 1.82) is 10.5 Å². The topological polar surface area (TPSA) is 52.5 Å². The summed E-state index contributed by atoms with van der Waals surface area (Å²) in [6.07, 6.45) is 10.5. The molecular weight excluding hydrogens is 575 g/mol. The van der Waals surface area contributed by atoms with Crippen LogP contribution in [-0.2, 0) is 0 Å². The Morgan fingerprint density at radius 1 is 0.864 bits per heavy atom. The molecule has 9 rings (SSSR count). The van der Waals surface area contributed by atoms with Crippen LogP contribution in [-0.4, -0.2) is 9.82 Å². The number of nitriles is 2. The van der Waals surface area contributed by atoms with Crippen LogP contribution in [0.2, 0.25) is 0 Å². The molecule has 6 aromatic rings. The van der Waals surface area contributed by atoms with Crippen molar-refractivity contribution >= 4 is 62.3 Å². The third-order valence-electron chi connectivity index (χ3n) is 9.42. The Kier molecular flexibility index (Phi) is 5.60. The Balaban J connectivity index is 1.23. The van der Waals surface area contributed by atoms with E-state index in [1.807, 2.05) is 41.3 Å². The Morgan fingerprint density at radius 3 is 2.59 bits per heavy atom. The van der Waals surface area contributed by atoms with Crippen LogP contribution in [0.15, 0.2) is 89.8 Å². The first kappa shape index (κ1) is 25.7. The maximum atomic E-state index is 9.93. The summed E-state index contributed by atoms with van der Waals surface area (Å²) in [5.74, 6) is 0.720. The van der Waals surface area contributed by atoms with Gasteiger partial charge in [0.15, 0.2) is 0 Å². The van der Waals surface area contributed by atoms with E-state index in [4.69, 9.17) is 0 Å². The van der Waals surface area contributed by atoms with Crippen molar-refractivity contribution in [2.45, 2.75) is 35.3 Å². The molecule has 0 saturated heterocycles. The van der Waals surface area contributed by atoms with Crippen LogP contribution >= 0.6 is 23.1 Å². The van der Waals surface area contributed by atoms with Crippen LogP contribution in [0.1, 0.15) is 53.1 Å². The number of aromatic nitrogens is 1. The molecule has 44 heavy (non-hydrogen) atoms. The van der Waals surface area contributed by atoms with Gasteiger partial charge in [0, 0.05) is 41.6 Å². The summed E-state index contributed by atoms with van der Waals surface area (Å²) in [4.78, 5) is 1.31. The zero-order chi connectivity index (χ0) is 29.5. The van der Waals surface area contributed by atoms with Crippen LogP contribution in [0.5, 0.6) is 0 Å². The van der Waals surface area contributed by atoms with Crippen LogP contribution in [0, 0.1) is 22.7 Å². The fraction of sp³-hybridized carbons (Fsp3) is 0.128. The second kappa shape index (κ2) is 9.60. The van der Waals surface area contributed by atoms with Crippen molar-refractivity contribution in [2.75, 3.05) is 0 Å². The number of para-hydroxylation sites is 1. The summed E-state index contributed by atoms with van der Waals surface area (Å²) in [7, 11) is 0. The zero-order valence-corrected chi connectivity index (χ0v) is 25.5. The number of thiophene rings is 1. The molecule has 1 aliphatic heterocycles. The van der Waals surface area contributed by atoms with Gasteiger partial charge in [-0.15, -0.1) is 23.1 Å². The predicted octanol–water partition coefficient (Wildman–Crippen LogP) is 8.61. The molecule has 0 spiro atoms. The van der Waals surface area contributed by atoms with E-state index < -0.39 is 0 Å². The van der Waals surface area contributed by atoms with Gasteiger partial charge in [-0.25, -0.2) is 0 Å². The van der Waals surface area contributed by atoms with E-state index in [9.17, 15) is 10.5 Å². The molecule has 208 valence electrons. The minimum atomic E-state index is 0.275. The fourth-order valence-corrected chi connectivity index (χ4v) is 9.89. The minimum absolute atomic E-state index is 0.275. The molecule has 0 radical (unpaired) electrons. The first-order valence-corrected chi connectivity index (χ1v) is 16.6. The highest BCUT2D eigenvalue weighted by Crippen LogP contribution is 2.50. The molecule has 2 aromatic heterocycles. The van der Waals surface area contributed by atoms with E-state index in [1.54, 1.807) is 0 Å².